The highest BCUT2D eigenvalue weighted by molar-refractivity contribution is 7.13. The number of anilines is 1. The molecule has 0 aliphatic heterocycles. The number of hydrogen-bond acceptors (Lipinski definition) is 8. The van der Waals surface area contributed by atoms with Gasteiger partial charge in [-0.15, -0.1) is 11.3 Å². The van der Waals surface area contributed by atoms with Gasteiger partial charge in [-0.2, -0.15) is 13.2 Å². The van der Waals surface area contributed by atoms with E-state index >= 15 is 0 Å². The first-order valence-corrected chi connectivity index (χ1v) is 16.7. The first-order valence-electron chi connectivity index (χ1n) is 15.8. The Morgan fingerprint density at radius 2 is 1.83 bits per heavy atom. The number of thiazole rings is 1. The van der Waals surface area contributed by atoms with Crippen molar-refractivity contribution >= 4 is 40.7 Å². The number of alkyl halides is 3. The van der Waals surface area contributed by atoms with Crippen LogP contribution in [0.4, 0.5) is 18.9 Å². The largest absolute Gasteiger partial charge is 0.466 e. The zero-order valence-corrected chi connectivity index (χ0v) is 28.1. The summed E-state index contributed by atoms with van der Waals surface area (Å²) in [5.41, 5.74) is -0.890. The second-order valence-electron chi connectivity index (χ2n) is 14.3. The maximum absolute atomic E-state index is 13.4. The Morgan fingerprint density at radius 1 is 1.15 bits per heavy atom. The number of hydrogen-bond donors (Lipinski definition) is 3. The van der Waals surface area contributed by atoms with Crippen LogP contribution >= 0.6 is 11.3 Å². The van der Waals surface area contributed by atoms with E-state index in [4.69, 9.17) is 0 Å². The topological polar surface area (TPSA) is 148 Å². The van der Waals surface area contributed by atoms with Gasteiger partial charge in [-0.1, -0.05) is 19.9 Å². The number of nitrogens with zero attached hydrogens (tertiary/aromatic N) is 2. The predicted molar refractivity (Wildman–Crippen MR) is 171 cm³/mol. The summed E-state index contributed by atoms with van der Waals surface area (Å²) < 4.78 is 45.3. The van der Waals surface area contributed by atoms with E-state index in [-0.39, 0.29) is 69.3 Å². The van der Waals surface area contributed by atoms with Gasteiger partial charge >= 0.3 is 12.1 Å². The summed E-state index contributed by atoms with van der Waals surface area (Å²) in [6, 6.07) is 1.54. The van der Waals surface area contributed by atoms with E-state index in [9.17, 15) is 37.1 Å². The van der Waals surface area contributed by atoms with Gasteiger partial charge in [0, 0.05) is 17.8 Å². The molecule has 260 valence electrons. The van der Waals surface area contributed by atoms with E-state index in [0.717, 1.165) is 31.8 Å². The SMILES string of the molecule is COC(=O)/C=C/CC[C@H](NC(=O)c1sc(C(F)(F)F)nc1C)C(=O)Nc1cccn(CC(=O)NC23CC4CC(C)(CC(C)(C4)C2)C3)c1=O. The van der Waals surface area contributed by atoms with Crippen LogP contribution in [-0.2, 0) is 31.8 Å². The lowest BCUT2D eigenvalue weighted by Crippen LogP contribution is -2.65. The number of carbonyl (C=O) groups is 4. The number of methoxy groups -OCH3 is 1. The molecule has 2 unspecified atom stereocenters. The van der Waals surface area contributed by atoms with Crippen molar-refractivity contribution in [2.75, 3.05) is 12.4 Å². The van der Waals surface area contributed by atoms with E-state index in [1.165, 1.54) is 55.8 Å². The third-order valence-corrected chi connectivity index (χ3v) is 10.8. The normalized spacial score (nSPS) is 26.7. The number of halogens is 3. The van der Waals surface area contributed by atoms with E-state index in [1.54, 1.807) is 0 Å². The third-order valence-electron chi connectivity index (χ3n) is 9.57. The minimum atomic E-state index is -4.75. The zero-order chi connectivity index (χ0) is 35.1. The first-order chi connectivity index (χ1) is 22.4. The molecule has 0 spiro atoms. The van der Waals surface area contributed by atoms with Gasteiger partial charge < -0.3 is 25.3 Å². The van der Waals surface area contributed by atoms with Crippen molar-refractivity contribution < 1.29 is 37.1 Å². The summed E-state index contributed by atoms with van der Waals surface area (Å²) in [6.45, 7) is 5.60. The molecule has 3 N–H and O–H groups in total. The molecular weight excluding hydrogens is 651 g/mol. The molecule has 2 heterocycles. The van der Waals surface area contributed by atoms with E-state index in [0.29, 0.717) is 5.92 Å². The Kier molecular flexibility index (Phi) is 9.65. The predicted octanol–water partition coefficient (Wildman–Crippen LogP) is 4.74. The van der Waals surface area contributed by atoms with Crippen LogP contribution in [0.1, 0.15) is 85.6 Å². The van der Waals surface area contributed by atoms with Crippen LogP contribution in [-0.4, -0.2) is 51.9 Å². The van der Waals surface area contributed by atoms with Crippen LogP contribution < -0.4 is 21.5 Å². The van der Waals surface area contributed by atoms with Crippen molar-refractivity contribution in [2.45, 2.75) is 96.4 Å². The minimum absolute atomic E-state index is 0.0700. The van der Waals surface area contributed by atoms with Crippen LogP contribution in [0, 0.1) is 23.7 Å². The van der Waals surface area contributed by atoms with Crippen molar-refractivity contribution in [3.8, 4) is 0 Å². The molecule has 4 aliphatic rings. The monoisotopic (exact) mass is 691 g/mol. The zero-order valence-electron chi connectivity index (χ0n) is 27.3. The number of aryl methyl sites for hydroxylation is 1. The van der Waals surface area contributed by atoms with E-state index in [2.05, 4.69) is 39.5 Å². The smallest absolute Gasteiger partial charge is 0.443 e. The van der Waals surface area contributed by atoms with Gasteiger partial charge in [0.15, 0.2) is 5.01 Å². The van der Waals surface area contributed by atoms with Crippen LogP contribution in [0.2, 0.25) is 0 Å². The number of pyridine rings is 1. The van der Waals surface area contributed by atoms with E-state index in [1.807, 2.05) is 0 Å². The highest BCUT2D eigenvalue weighted by Gasteiger charge is 2.60. The molecule has 3 atom stereocenters. The van der Waals surface area contributed by atoms with Gasteiger partial charge in [0.1, 0.15) is 23.2 Å². The Morgan fingerprint density at radius 3 is 2.44 bits per heavy atom. The van der Waals surface area contributed by atoms with Gasteiger partial charge in [0.25, 0.3) is 11.5 Å². The number of rotatable bonds is 11. The maximum atomic E-state index is 13.4. The lowest BCUT2D eigenvalue weighted by atomic mass is 9.43. The maximum Gasteiger partial charge on any atom is 0.443 e. The molecule has 0 radical (unpaired) electrons. The average molecular weight is 692 g/mol. The molecule has 2 aromatic heterocycles. The summed E-state index contributed by atoms with van der Waals surface area (Å²) >= 11 is 0.151. The van der Waals surface area contributed by atoms with Crippen LogP contribution in [0.25, 0.3) is 0 Å². The third kappa shape index (κ3) is 7.82. The second kappa shape index (κ2) is 13.1. The number of nitrogens with one attached hydrogen (secondary N) is 3. The number of amides is 3. The number of esters is 1. The standard InChI is InChI=1S/C33H40F3N5O6S/c1-19-25(48-29(37-19)33(34,35)36)27(45)38-21(8-5-6-10-24(43)47-4)26(44)39-22-9-7-11-41(28(22)46)15-23(42)40-32-14-20-12-30(2,17-32)16-31(3,13-20)18-32/h6-7,9-11,20-21H,5,8,12-18H2,1-4H3,(H,38,45)(H,39,44)(H,40,42)/b10-6+/t20?,21-,30?,31?,32?/m0/s1. The summed E-state index contributed by atoms with van der Waals surface area (Å²) in [7, 11) is 1.19. The van der Waals surface area contributed by atoms with Crippen molar-refractivity contribution in [3.05, 3.63) is 56.4 Å². The molecule has 3 amide bonds. The number of allylic oxidation sites excluding steroid dienone is 1. The fraction of sp³-hybridized carbons (Fsp3) is 0.576. The average Bonchev–Trinajstić information content (AvgIpc) is 3.36. The molecule has 15 heteroatoms. The fourth-order valence-corrected chi connectivity index (χ4v) is 9.62. The lowest BCUT2D eigenvalue weighted by Gasteiger charge is -2.65. The Bertz CT molecular complexity index is 1680. The molecule has 0 saturated heterocycles. The Hall–Kier alpha value is -4.01. The molecular formula is C33H40F3N5O6S. The molecule has 4 bridgehead atoms. The molecule has 4 aliphatic carbocycles. The van der Waals surface area contributed by atoms with Gasteiger partial charge in [-0.3, -0.25) is 19.2 Å². The highest BCUT2D eigenvalue weighted by atomic mass is 32.1. The van der Waals surface area contributed by atoms with Crippen LogP contribution in [0.15, 0.2) is 35.3 Å². The quantitative estimate of drug-likeness (QED) is 0.228. The van der Waals surface area contributed by atoms with Crippen molar-refractivity contribution in [2.24, 2.45) is 16.7 Å². The number of carbonyl (C=O) groups excluding carboxylic acids is 4. The molecule has 4 fully saturated rings. The Balaban J connectivity index is 1.29. The number of aromatic nitrogens is 2. The molecule has 2 aromatic rings. The molecule has 4 saturated carbocycles. The molecule has 6 rings (SSSR count). The fourth-order valence-electron chi connectivity index (χ4n) is 8.78. The van der Waals surface area contributed by atoms with Crippen molar-refractivity contribution in [1.82, 2.24) is 20.2 Å². The van der Waals surface area contributed by atoms with Crippen molar-refractivity contribution in [1.29, 1.82) is 0 Å². The first kappa shape index (κ1) is 35.3. The van der Waals surface area contributed by atoms with Crippen LogP contribution in [0.5, 0.6) is 0 Å². The van der Waals surface area contributed by atoms with Gasteiger partial charge in [0.2, 0.25) is 11.8 Å². The summed E-state index contributed by atoms with van der Waals surface area (Å²) in [5, 5.41) is 7.00. The Labute approximate surface area is 279 Å². The molecule has 0 aromatic carbocycles. The van der Waals surface area contributed by atoms with Crippen molar-refractivity contribution in [3.63, 3.8) is 0 Å². The highest BCUT2D eigenvalue weighted by Crippen LogP contribution is 2.66. The molecule has 48 heavy (non-hydrogen) atoms. The van der Waals surface area contributed by atoms with Gasteiger partial charge in [-0.25, -0.2) is 9.78 Å². The van der Waals surface area contributed by atoms with Gasteiger partial charge in [0.05, 0.1) is 12.8 Å². The van der Waals surface area contributed by atoms with Crippen LogP contribution in [0.3, 0.4) is 0 Å². The summed E-state index contributed by atoms with van der Waals surface area (Å²) in [5.74, 6) is -2.14. The second-order valence-corrected chi connectivity index (χ2v) is 15.3. The summed E-state index contributed by atoms with van der Waals surface area (Å²) in [4.78, 5) is 67.7. The summed E-state index contributed by atoms with van der Waals surface area (Å²) in [6.07, 6.45) is 5.49. The van der Waals surface area contributed by atoms with E-state index < -0.39 is 40.6 Å². The molecule has 11 nitrogen and oxygen atoms in total. The lowest BCUT2D eigenvalue weighted by molar-refractivity contribution is -0.140. The minimum Gasteiger partial charge on any atom is -0.466 e. The van der Waals surface area contributed by atoms with Gasteiger partial charge in [-0.05, 0) is 87.2 Å². The number of ether oxygens (including phenoxy) is 1.